The van der Waals surface area contributed by atoms with Crippen LogP contribution < -0.4 is 0 Å². The van der Waals surface area contributed by atoms with E-state index in [2.05, 4.69) is 20.9 Å². The Morgan fingerprint density at radius 2 is 2.12 bits per heavy atom. The molecule has 1 heterocycles. The summed E-state index contributed by atoms with van der Waals surface area (Å²) < 4.78 is 14.4. The fourth-order valence-electron chi connectivity index (χ4n) is 1.12. The maximum Gasteiger partial charge on any atom is 0.157 e. The standard InChI is InChI=1S/C11H6BrClFNS/c12-7-2-1-3-9(4-7)16-11-10(14)5-8(13)6-15-11/h1-6H. The molecule has 0 aliphatic heterocycles. The summed E-state index contributed by atoms with van der Waals surface area (Å²) >= 11 is 10.2. The molecule has 1 nitrogen and oxygen atoms in total. The average molecular weight is 319 g/mol. The van der Waals surface area contributed by atoms with Crippen LogP contribution in [0.3, 0.4) is 0 Å². The molecule has 0 radical (unpaired) electrons. The van der Waals surface area contributed by atoms with Crippen molar-refractivity contribution >= 4 is 39.3 Å². The summed E-state index contributed by atoms with van der Waals surface area (Å²) in [6, 6.07) is 8.86. The van der Waals surface area contributed by atoms with E-state index < -0.39 is 5.82 Å². The van der Waals surface area contributed by atoms with Gasteiger partial charge in [0.15, 0.2) is 5.82 Å². The van der Waals surface area contributed by atoms with E-state index in [-0.39, 0.29) is 0 Å². The maximum absolute atomic E-state index is 13.5. The minimum Gasteiger partial charge on any atom is -0.245 e. The van der Waals surface area contributed by atoms with Crippen LogP contribution in [0.1, 0.15) is 0 Å². The molecule has 0 aliphatic carbocycles. The van der Waals surface area contributed by atoms with Crippen LogP contribution in [-0.2, 0) is 0 Å². The number of rotatable bonds is 2. The Labute approximate surface area is 110 Å². The van der Waals surface area contributed by atoms with Crippen molar-refractivity contribution in [2.75, 3.05) is 0 Å². The largest absolute Gasteiger partial charge is 0.245 e. The molecule has 0 saturated carbocycles. The normalized spacial score (nSPS) is 10.4. The first-order valence-corrected chi connectivity index (χ1v) is 6.38. The molecule has 16 heavy (non-hydrogen) atoms. The van der Waals surface area contributed by atoms with Gasteiger partial charge in [-0.05, 0) is 24.3 Å². The lowest BCUT2D eigenvalue weighted by Gasteiger charge is -2.02. The second-order valence-corrected chi connectivity index (χ2v) is 5.41. The van der Waals surface area contributed by atoms with Gasteiger partial charge in [-0.25, -0.2) is 9.37 Å². The number of nitrogens with zero attached hydrogens (tertiary/aromatic N) is 1. The highest BCUT2D eigenvalue weighted by atomic mass is 79.9. The molecule has 82 valence electrons. The number of benzene rings is 1. The van der Waals surface area contributed by atoms with Gasteiger partial charge in [-0.2, -0.15) is 0 Å². The van der Waals surface area contributed by atoms with E-state index in [9.17, 15) is 4.39 Å². The molecular weight excluding hydrogens is 313 g/mol. The molecule has 1 aromatic carbocycles. The molecule has 0 spiro atoms. The summed E-state index contributed by atoms with van der Waals surface area (Å²) in [6.07, 6.45) is 1.44. The summed E-state index contributed by atoms with van der Waals surface area (Å²) in [4.78, 5) is 4.86. The molecule has 2 rings (SSSR count). The zero-order valence-corrected chi connectivity index (χ0v) is 11.1. The summed E-state index contributed by atoms with van der Waals surface area (Å²) in [5.41, 5.74) is 0. The zero-order chi connectivity index (χ0) is 11.5. The highest BCUT2D eigenvalue weighted by molar-refractivity contribution is 9.10. The van der Waals surface area contributed by atoms with E-state index in [1.807, 2.05) is 24.3 Å². The number of pyridine rings is 1. The summed E-state index contributed by atoms with van der Waals surface area (Å²) in [5, 5.41) is 0.624. The van der Waals surface area contributed by atoms with E-state index >= 15 is 0 Å². The number of halogens is 3. The van der Waals surface area contributed by atoms with Gasteiger partial charge in [0.1, 0.15) is 5.03 Å². The van der Waals surface area contributed by atoms with Gasteiger partial charge >= 0.3 is 0 Å². The Balaban J connectivity index is 2.27. The first kappa shape index (κ1) is 11.9. The molecule has 0 bridgehead atoms. The molecule has 0 fully saturated rings. The predicted octanol–water partition coefficient (Wildman–Crippen LogP) is 4.79. The van der Waals surface area contributed by atoms with Crippen molar-refractivity contribution in [2.24, 2.45) is 0 Å². The van der Waals surface area contributed by atoms with Gasteiger partial charge in [-0.15, -0.1) is 0 Å². The van der Waals surface area contributed by atoms with Crippen LogP contribution in [0.15, 0.2) is 50.9 Å². The second kappa shape index (κ2) is 5.17. The topological polar surface area (TPSA) is 12.9 Å². The highest BCUT2D eigenvalue weighted by Gasteiger charge is 2.06. The van der Waals surface area contributed by atoms with Crippen molar-refractivity contribution in [3.8, 4) is 0 Å². The van der Waals surface area contributed by atoms with Crippen molar-refractivity contribution in [3.63, 3.8) is 0 Å². The fraction of sp³-hybridized carbons (Fsp3) is 0. The minimum absolute atomic E-state index is 0.302. The highest BCUT2D eigenvalue weighted by Crippen LogP contribution is 2.30. The lowest BCUT2D eigenvalue weighted by molar-refractivity contribution is 0.588. The van der Waals surface area contributed by atoms with Gasteiger partial charge in [0.05, 0.1) is 5.02 Å². The molecule has 0 N–H and O–H groups in total. The minimum atomic E-state index is -0.405. The maximum atomic E-state index is 13.5. The van der Waals surface area contributed by atoms with E-state index in [1.165, 1.54) is 24.0 Å². The van der Waals surface area contributed by atoms with Gasteiger partial charge in [0, 0.05) is 15.6 Å². The molecule has 2 aromatic rings. The molecular formula is C11H6BrClFNS. The second-order valence-electron chi connectivity index (χ2n) is 3.00. The average Bonchev–Trinajstić information content (AvgIpc) is 2.22. The van der Waals surface area contributed by atoms with E-state index in [0.717, 1.165) is 9.37 Å². The summed E-state index contributed by atoms with van der Waals surface area (Å²) in [6.45, 7) is 0. The van der Waals surface area contributed by atoms with Crippen molar-refractivity contribution in [1.29, 1.82) is 0 Å². The van der Waals surface area contributed by atoms with Crippen LogP contribution in [-0.4, -0.2) is 4.98 Å². The lowest BCUT2D eigenvalue weighted by atomic mass is 10.4. The van der Waals surface area contributed by atoms with Crippen LogP contribution in [0.25, 0.3) is 0 Å². The number of hydrogen-bond donors (Lipinski definition) is 0. The Hall–Kier alpha value is -0.580. The number of hydrogen-bond acceptors (Lipinski definition) is 2. The Bertz CT molecular complexity index is 521. The van der Waals surface area contributed by atoms with Crippen molar-refractivity contribution in [2.45, 2.75) is 9.92 Å². The van der Waals surface area contributed by atoms with E-state index in [0.29, 0.717) is 10.0 Å². The third-order valence-corrected chi connectivity index (χ3v) is 3.47. The predicted molar refractivity (Wildman–Crippen MR) is 67.5 cm³/mol. The zero-order valence-electron chi connectivity index (χ0n) is 7.95. The third kappa shape index (κ3) is 2.97. The van der Waals surface area contributed by atoms with Crippen LogP contribution in [0.4, 0.5) is 4.39 Å². The summed E-state index contributed by atoms with van der Waals surface area (Å²) in [7, 11) is 0. The van der Waals surface area contributed by atoms with Crippen LogP contribution >= 0.6 is 39.3 Å². The molecule has 0 atom stereocenters. The summed E-state index contributed by atoms with van der Waals surface area (Å²) in [5.74, 6) is -0.405. The molecule has 0 aliphatic rings. The Morgan fingerprint density at radius 1 is 1.31 bits per heavy atom. The molecule has 0 amide bonds. The molecule has 0 saturated heterocycles. The van der Waals surface area contributed by atoms with E-state index in [1.54, 1.807) is 0 Å². The van der Waals surface area contributed by atoms with E-state index in [4.69, 9.17) is 11.6 Å². The Morgan fingerprint density at radius 3 is 2.81 bits per heavy atom. The smallest absolute Gasteiger partial charge is 0.157 e. The van der Waals surface area contributed by atoms with Gasteiger partial charge in [-0.3, -0.25) is 0 Å². The third-order valence-electron chi connectivity index (χ3n) is 1.78. The molecule has 0 unspecified atom stereocenters. The lowest BCUT2D eigenvalue weighted by Crippen LogP contribution is -1.86. The van der Waals surface area contributed by atoms with Crippen LogP contribution in [0, 0.1) is 5.82 Å². The fourth-order valence-corrected chi connectivity index (χ4v) is 2.63. The molecule has 5 heteroatoms. The van der Waals surface area contributed by atoms with Gasteiger partial charge in [0.2, 0.25) is 0 Å². The first-order valence-electron chi connectivity index (χ1n) is 4.39. The number of aromatic nitrogens is 1. The molecule has 1 aromatic heterocycles. The van der Waals surface area contributed by atoms with Gasteiger partial charge in [0.25, 0.3) is 0 Å². The van der Waals surface area contributed by atoms with Gasteiger partial charge in [-0.1, -0.05) is 45.4 Å². The Kier molecular flexibility index (Phi) is 3.84. The van der Waals surface area contributed by atoms with Gasteiger partial charge < -0.3 is 0 Å². The van der Waals surface area contributed by atoms with Crippen LogP contribution in [0.5, 0.6) is 0 Å². The van der Waals surface area contributed by atoms with Crippen molar-refractivity contribution in [1.82, 2.24) is 4.98 Å². The SMILES string of the molecule is Fc1cc(Cl)cnc1Sc1cccc(Br)c1. The monoisotopic (exact) mass is 317 g/mol. The van der Waals surface area contributed by atoms with Crippen LogP contribution in [0.2, 0.25) is 5.02 Å². The van der Waals surface area contributed by atoms with Crippen molar-refractivity contribution < 1.29 is 4.39 Å². The quantitative estimate of drug-likeness (QED) is 0.790. The first-order chi connectivity index (χ1) is 7.65. The van der Waals surface area contributed by atoms with Crippen molar-refractivity contribution in [3.05, 3.63) is 51.8 Å².